The second-order valence-electron chi connectivity index (χ2n) is 5.60. The first-order chi connectivity index (χ1) is 10.7. The van der Waals surface area contributed by atoms with Crippen LogP contribution in [0.15, 0.2) is 37.1 Å². The van der Waals surface area contributed by atoms with E-state index >= 15 is 0 Å². The summed E-state index contributed by atoms with van der Waals surface area (Å²) in [5.74, 6) is -1.26. The summed E-state index contributed by atoms with van der Waals surface area (Å²) in [5, 5.41) is 0. The van der Waals surface area contributed by atoms with Gasteiger partial charge < -0.3 is 9.47 Å². The molecule has 0 heterocycles. The summed E-state index contributed by atoms with van der Waals surface area (Å²) in [6.07, 6.45) is 9.13. The number of allylic oxidation sites excluding steroid dienone is 2. The van der Waals surface area contributed by atoms with Gasteiger partial charge in [0.1, 0.15) is 0 Å². The number of hydrogen-bond donors (Lipinski definition) is 0. The van der Waals surface area contributed by atoms with E-state index < -0.39 is 11.6 Å². The van der Waals surface area contributed by atoms with Crippen molar-refractivity contribution in [3.05, 3.63) is 48.8 Å². The van der Waals surface area contributed by atoms with Crippen LogP contribution >= 0.6 is 0 Å². The Hall–Kier alpha value is -1.84. The molecule has 1 aromatic carbocycles. The normalized spacial score (nSPS) is 21.8. The van der Waals surface area contributed by atoms with Gasteiger partial charge in [-0.15, -0.1) is 6.58 Å². The number of rotatable bonds is 6. The van der Waals surface area contributed by atoms with Crippen molar-refractivity contribution >= 4 is 0 Å². The number of hydrogen-bond acceptors (Lipinski definition) is 2. The van der Waals surface area contributed by atoms with Crippen molar-refractivity contribution in [1.29, 1.82) is 0 Å². The summed E-state index contributed by atoms with van der Waals surface area (Å²) in [6, 6.07) is 2.79. The van der Waals surface area contributed by atoms with Crippen molar-refractivity contribution < 1.29 is 18.3 Å². The van der Waals surface area contributed by atoms with Gasteiger partial charge in [-0.2, -0.15) is 8.78 Å². The molecule has 120 valence electrons. The number of halogens is 2. The van der Waals surface area contributed by atoms with E-state index in [9.17, 15) is 8.78 Å². The first-order valence-corrected chi connectivity index (χ1v) is 7.66. The minimum Gasteiger partial charge on any atom is -0.490 e. The summed E-state index contributed by atoms with van der Waals surface area (Å²) in [4.78, 5) is 0. The van der Waals surface area contributed by atoms with Crippen molar-refractivity contribution in [3.63, 3.8) is 0 Å². The van der Waals surface area contributed by atoms with Gasteiger partial charge in [0.2, 0.25) is 11.6 Å². The van der Waals surface area contributed by atoms with Crippen LogP contribution < -0.4 is 9.47 Å². The molecule has 2 rings (SSSR count). The molecular formula is C18H22F2O2. The van der Waals surface area contributed by atoms with Gasteiger partial charge in [-0.25, -0.2) is 0 Å². The Morgan fingerprint density at radius 3 is 2.41 bits per heavy atom. The molecule has 4 heteroatoms. The highest BCUT2D eigenvalue weighted by Crippen LogP contribution is 2.32. The van der Waals surface area contributed by atoms with E-state index in [1.54, 1.807) is 13.0 Å². The zero-order valence-electron chi connectivity index (χ0n) is 12.9. The molecular weight excluding hydrogens is 286 g/mol. The molecule has 0 radical (unpaired) electrons. The fraction of sp³-hybridized carbons (Fsp3) is 0.444. The van der Waals surface area contributed by atoms with E-state index in [1.807, 2.05) is 6.08 Å². The lowest BCUT2D eigenvalue weighted by atomic mass is 9.82. The Bertz CT molecular complexity index is 532. The molecule has 0 saturated heterocycles. The Labute approximate surface area is 130 Å². The maximum absolute atomic E-state index is 13.9. The highest BCUT2D eigenvalue weighted by atomic mass is 19.2. The number of ether oxygens (including phenoxy) is 2. The van der Waals surface area contributed by atoms with E-state index in [-0.39, 0.29) is 11.5 Å². The second kappa shape index (κ2) is 7.97. The molecule has 0 aromatic heterocycles. The molecule has 0 aliphatic heterocycles. The maximum atomic E-state index is 13.9. The molecule has 0 N–H and O–H groups in total. The molecule has 2 nitrogen and oxygen atoms in total. The third kappa shape index (κ3) is 4.09. The lowest BCUT2D eigenvalue weighted by Gasteiger charge is -2.26. The van der Waals surface area contributed by atoms with Gasteiger partial charge in [0.15, 0.2) is 11.5 Å². The van der Waals surface area contributed by atoms with Crippen LogP contribution in [0.4, 0.5) is 8.78 Å². The van der Waals surface area contributed by atoms with Crippen molar-refractivity contribution in [3.8, 4) is 11.5 Å². The van der Waals surface area contributed by atoms with E-state index in [0.717, 1.165) is 25.7 Å². The molecule has 1 fully saturated rings. The summed E-state index contributed by atoms with van der Waals surface area (Å²) < 4.78 is 38.2. The third-order valence-corrected chi connectivity index (χ3v) is 4.04. The topological polar surface area (TPSA) is 18.5 Å². The molecule has 0 unspecified atom stereocenters. The first kappa shape index (κ1) is 16.5. The Morgan fingerprint density at radius 1 is 1.14 bits per heavy atom. The van der Waals surface area contributed by atoms with E-state index in [0.29, 0.717) is 18.4 Å². The highest BCUT2D eigenvalue weighted by molar-refractivity contribution is 5.35. The zero-order chi connectivity index (χ0) is 15.9. The van der Waals surface area contributed by atoms with Crippen LogP contribution in [0, 0.1) is 23.5 Å². The van der Waals surface area contributed by atoms with Crippen LogP contribution in [0.25, 0.3) is 0 Å². The molecule has 0 atom stereocenters. The molecule has 1 aromatic rings. The van der Waals surface area contributed by atoms with Crippen LogP contribution in [-0.4, -0.2) is 6.61 Å². The van der Waals surface area contributed by atoms with Crippen LogP contribution in [0.2, 0.25) is 0 Å². The van der Waals surface area contributed by atoms with Gasteiger partial charge in [0.25, 0.3) is 0 Å². The quantitative estimate of drug-likeness (QED) is 0.528. The number of benzene rings is 1. The minimum absolute atomic E-state index is 0.0591. The van der Waals surface area contributed by atoms with Crippen molar-refractivity contribution in [2.24, 2.45) is 11.8 Å². The SMILES string of the molecule is C=CC1CCC(COc2ccc(O/C=C/C)c(F)c2F)CC1. The van der Waals surface area contributed by atoms with E-state index in [2.05, 4.69) is 6.58 Å². The van der Waals surface area contributed by atoms with Gasteiger partial charge in [0, 0.05) is 0 Å². The Kier molecular flexibility index (Phi) is 5.99. The third-order valence-electron chi connectivity index (χ3n) is 4.04. The minimum atomic E-state index is -1.02. The Morgan fingerprint density at radius 2 is 1.77 bits per heavy atom. The highest BCUT2D eigenvalue weighted by Gasteiger charge is 2.21. The average molecular weight is 308 g/mol. The zero-order valence-corrected chi connectivity index (χ0v) is 12.9. The molecule has 0 amide bonds. The lowest BCUT2D eigenvalue weighted by molar-refractivity contribution is 0.187. The maximum Gasteiger partial charge on any atom is 0.205 e. The van der Waals surface area contributed by atoms with Gasteiger partial charge >= 0.3 is 0 Å². The van der Waals surface area contributed by atoms with Gasteiger partial charge in [-0.05, 0) is 56.6 Å². The molecule has 22 heavy (non-hydrogen) atoms. The van der Waals surface area contributed by atoms with Crippen molar-refractivity contribution in [2.75, 3.05) is 6.61 Å². The van der Waals surface area contributed by atoms with Gasteiger partial charge in [0.05, 0.1) is 12.9 Å². The first-order valence-electron chi connectivity index (χ1n) is 7.66. The molecule has 1 aliphatic carbocycles. The predicted octanol–water partition coefficient (Wildman–Crippen LogP) is 5.25. The van der Waals surface area contributed by atoms with Crippen molar-refractivity contribution in [2.45, 2.75) is 32.6 Å². The van der Waals surface area contributed by atoms with Crippen molar-refractivity contribution in [1.82, 2.24) is 0 Å². The van der Waals surface area contributed by atoms with E-state index in [4.69, 9.17) is 9.47 Å². The monoisotopic (exact) mass is 308 g/mol. The summed E-state index contributed by atoms with van der Waals surface area (Å²) in [6.45, 7) is 5.96. The Balaban J connectivity index is 1.93. The molecule has 1 aliphatic rings. The summed E-state index contributed by atoms with van der Waals surface area (Å²) in [5.41, 5.74) is 0. The molecule has 0 spiro atoms. The second-order valence-corrected chi connectivity index (χ2v) is 5.60. The summed E-state index contributed by atoms with van der Waals surface area (Å²) >= 11 is 0. The predicted molar refractivity (Wildman–Crippen MR) is 82.9 cm³/mol. The summed E-state index contributed by atoms with van der Waals surface area (Å²) in [7, 11) is 0. The molecule has 0 bridgehead atoms. The fourth-order valence-electron chi connectivity index (χ4n) is 2.66. The van der Waals surface area contributed by atoms with E-state index in [1.165, 1.54) is 18.4 Å². The standard InChI is InChI=1S/C18H22F2O2/c1-3-11-21-15-9-10-16(18(20)17(15)19)22-12-14-7-5-13(4-2)6-8-14/h3-4,9-11,13-14H,2,5-8,12H2,1H3/b11-3+. The lowest BCUT2D eigenvalue weighted by Crippen LogP contribution is -2.19. The fourth-order valence-corrected chi connectivity index (χ4v) is 2.66. The van der Waals surface area contributed by atoms with Crippen LogP contribution in [0.3, 0.4) is 0 Å². The largest absolute Gasteiger partial charge is 0.490 e. The van der Waals surface area contributed by atoms with Crippen LogP contribution in [-0.2, 0) is 0 Å². The van der Waals surface area contributed by atoms with Crippen LogP contribution in [0.1, 0.15) is 32.6 Å². The van der Waals surface area contributed by atoms with Gasteiger partial charge in [-0.3, -0.25) is 0 Å². The molecule has 1 saturated carbocycles. The van der Waals surface area contributed by atoms with Crippen LogP contribution in [0.5, 0.6) is 11.5 Å². The smallest absolute Gasteiger partial charge is 0.205 e. The van der Waals surface area contributed by atoms with Gasteiger partial charge in [-0.1, -0.05) is 12.2 Å². The average Bonchev–Trinajstić information content (AvgIpc) is 2.56.